The van der Waals surface area contributed by atoms with E-state index < -0.39 is 6.23 Å². The zero-order valence-electron chi connectivity index (χ0n) is 14.9. The first kappa shape index (κ1) is 19.4. The normalized spacial score (nSPS) is 20.0. The van der Waals surface area contributed by atoms with Gasteiger partial charge in [-0.1, -0.05) is 69.5 Å². The van der Waals surface area contributed by atoms with Crippen LogP contribution in [0, 0.1) is 0 Å². The molecule has 0 amide bonds. The minimum atomic E-state index is -0.413. The first-order valence-electron chi connectivity index (χ1n) is 9.03. The van der Waals surface area contributed by atoms with Crippen molar-refractivity contribution in [1.29, 1.82) is 0 Å². The molecular formula is C22H14Br2Cl2N2O. The SMILES string of the molecule is Clc1ccc(C2=NN3[C@@H](c4ccccc4Cl)Oc4c(Br)cc(Br)cc4[C@@H]3C2)cc1. The molecule has 146 valence electrons. The van der Waals surface area contributed by atoms with Gasteiger partial charge in [0.2, 0.25) is 6.23 Å². The van der Waals surface area contributed by atoms with Crippen LogP contribution in [0.2, 0.25) is 10.0 Å². The monoisotopic (exact) mass is 550 g/mol. The number of hydrazone groups is 1. The van der Waals surface area contributed by atoms with Gasteiger partial charge in [0.25, 0.3) is 0 Å². The van der Waals surface area contributed by atoms with Crippen LogP contribution in [0.3, 0.4) is 0 Å². The van der Waals surface area contributed by atoms with Crippen LogP contribution >= 0.6 is 55.1 Å². The molecule has 3 aromatic carbocycles. The van der Waals surface area contributed by atoms with Gasteiger partial charge in [-0.25, -0.2) is 5.01 Å². The molecule has 2 atom stereocenters. The zero-order chi connectivity index (χ0) is 20.1. The van der Waals surface area contributed by atoms with E-state index in [9.17, 15) is 0 Å². The van der Waals surface area contributed by atoms with E-state index in [-0.39, 0.29) is 6.04 Å². The fraction of sp³-hybridized carbons (Fsp3) is 0.136. The number of benzene rings is 3. The highest BCUT2D eigenvalue weighted by Gasteiger charge is 2.42. The van der Waals surface area contributed by atoms with Crippen molar-refractivity contribution in [2.24, 2.45) is 5.10 Å². The van der Waals surface area contributed by atoms with E-state index in [0.29, 0.717) is 10.0 Å². The molecule has 0 bridgehead atoms. The Morgan fingerprint density at radius 3 is 2.48 bits per heavy atom. The third-order valence-corrected chi connectivity index (χ3v) is 6.80. The molecule has 0 saturated heterocycles. The van der Waals surface area contributed by atoms with Gasteiger partial charge in [0, 0.05) is 32.1 Å². The second-order valence-electron chi connectivity index (χ2n) is 6.95. The summed E-state index contributed by atoms with van der Waals surface area (Å²) < 4.78 is 8.34. The van der Waals surface area contributed by atoms with Crippen molar-refractivity contribution >= 4 is 60.8 Å². The quantitative estimate of drug-likeness (QED) is 0.324. The standard InChI is InChI=1S/C22H14Br2Cl2N2O/c23-13-9-16-20-11-19(12-5-7-14(25)8-6-12)27-28(20)22(29-21(16)17(24)10-13)15-3-1-2-4-18(15)26/h1-10,20,22H,11H2/t20-,22+/m0/s1. The summed E-state index contributed by atoms with van der Waals surface area (Å²) >= 11 is 19.8. The van der Waals surface area contributed by atoms with E-state index in [2.05, 4.69) is 37.9 Å². The summed E-state index contributed by atoms with van der Waals surface area (Å²) in [6, 6.07) is 19.7. The molecule has 0 N–H and O–H groups in total. The highest BCUT2D eigenvalue weighted by molar-refractivity contribution is 9.11. The average Bonchev–Trinajstić information content (AvgIpc) is 3.14. The molecule has 0 saturated carbocycles. The van der Waals surface area contributed by atoms with Gasteiger partial charge in [-0.2, -0.15) is 5.10 Å². The van der Waals surface area contributed by atoms with Gasteiger partial charge in [0.15, 0.2) is 0 Å². The molecule has 2 heterocycles. The van der Waals surface area contributed by atoms with Crippen molar-refractivity contribution in [2.75, 3.05) is 0 Å². The topological polar surface area (TPSA) is 24.8 Å². The number of nitrogens with zero attached hydrogens (tertiary/aromatic N) is 2. The molecule has 3 nitrogen and oxygen atoms in total. The fourth-order valence-electron chi connectivity index (χ4n) is 3.81. The predicted molar refractivity (Wildman–Crippen MR) is 124 cm³/mol. The van der Waals surface area contributed by atoms with E-state index in [4.69, 9.17) is 33.0 Å². The highest BCUT2D eigenvalue weighted by Crippen LogP contribution is 2.51. The Hall–Kier alpha value is -1.53. The Bertz CT molecular complexity index is 1130. The minimum absolute atomic E-state index is 0.0412. The van der Waals surface area contributed by atoms with Gasteiger partial charge in [0.1, 0.15) is 5.75 Å². The summed E-state index contributed by atoms with van der Waals surface area (Å²) in [5.74, 6) is 0.826. The van der Waals surface area contributed by atoms with Crippen LogP contribution in [0.4, 0.5) is 0 Å². The van der Waals surface area contributed by atoms with Crippen LogP contribution in [0.15, 0.2) is 74.7 Å². The van der Waals surface area contributed by atoms with E-state index >= 15 is 0 Å². The van der Waals surface area contributed by atoms with Gasteiger partial charge in [-0.05, 0) is 51.8 Å². The molecule has 0 unspecified atom stereocenters. The zero-order valence-corrected chi connectivity index (χ0v) is 19.6. The number of ether oxygens (including phenoxy) is 1. The van der Waals surface area contributed by atoms with Gasteiger partial charge in [0.05, 0.1) is 16.2 Å². The molecule has 29 heavy (non-hydrogen) atoms. The van der Waals surface area contributed by atoms with Crippen LogP contribution in [0.5, 0.6) is 5.75 Å². The summed E-state index contributed by atoms with van der Waals surface area (Å²) in [7, 11) is 0. The number of hydrogen-bond donors (Lipinski definition) is 0. The molecule has 2 aliphatic heterocycles. The van der Waals surface area contributed by atoms with E-state index in [0.717, 1.165) is 43.5 Å². The highest BCUT2D eigenvalue weighted by atomic mass is 79.9. The van der Waals surface area contributed by atoms with Gasteiger partial charge in [-0.15, -0.1) is 0 Å². The smallest absolute Gasteiger partial charge is 0.215 e. The number of hydrogen-bond acceptors (Lipinski definition) is 3. The Morgan fingerprint density at radius 2 is 1.72 bits per heavy atom. The summed E-state index contributed by atoms with van der Waals surface area (Å²) in [5.41, 5.74) is 4.02. The van der Waals surface area contributed by atoms with Gasteiger partial charge >= 0.3 is 0 Å². The molecule has 0 fully saturated rings. The molecule has 0 radical (unpaired) electrons. The second kappa shape index (κ2) is 7.62. The average molecular weight is 553 g/mol. The summed E-state index contributed by atoms with van der Waals surface area (Å²) in [5, 5.41) is 8.34. The first-order valence-corrected chi connectivity index (χ1v) is 11.4. The Morgan fingerprint density at radius 1 is 0.966 bits per heavy atom. The van der Waals surface area contributed by atoms with Crippen molar-refractivity contribution < 1.29 is 4.74 Å². The molecule has 7 heteroatoms. The van der Waals surface area contributed by atoms with Crippen LogP contribution < -0.4 is 4.74 Å². The van der Waals surface area contributed by atoms with Crippen LogP contribution in [-0.2, 0) is 0 Å². The number of halogens is 4. The fourth-order valence-corrected chi connectivity index (χ4v) is 5.52. The lowest BCUT2D eigenvalue weighted by Crippen LogP contribution is -2.34. The first-order chi connectivity index (χ1) is 14.0. The van der Waals surface area contributed by atoms with E-state index in [1.807, 2.05) is 59.6 Å². The lowest BCUT2D eigenvalue weighted by molar-refractivity contribution is -0.0196. The third kappa shape index (κ3) is 3.48. The van der Waals surface area contributed by atoms with Crippen molar-refractivity contribution in [3.63, 3.8) is 0 Å². The maximum Gasteiger partial charge on any atom is 0.215 e. The maximum atomic E-state index is 6.52. The van der Waals surface area contributed by atoms with Crippen molar-refractivity contribution in [1.82, 2.24) is 5.01 Å². The van der Waals surface area contributed by atoms with Crippen LogP contribution in [-0.4, -0.2) is 10.7 Å². The molecule has 0 aromatic heterocycles. The lowest BCUT2D eigenvalue weighted by atomic mass is 9.96. The van der Waals surface area contributed by atoms with Crippen LogP contribution in [0.25, 0.3) is 0 Å². The largest absolute Gasteiger partial charge is 0.463 e. The predicted octanol–water partition coefficient (Wildman–Crippen LogP) is 7.76. The summed E-state index contributed by atoms with van der Waals surface area (Å²) in [4.78, 5) is 0. The Kier molecular flexibility index (Phi) is 5.11. The Balaban J connectivity index is 1.65. The molecule has 2 aliphatic rings. The van der Waals surface area contributed by atoms with Gasteiger partial charge in [-0.3, -0.25) is 0 Å². The summed E-state index contributed by atoms with van der Waals surface area (Å²) in [6.07, 6.45) is 0.352. The van der Waals surface area contributed by atoms with E-state index in [1.54, 1.807) is 0 Å². The van der Waals surface area contributed by atoms with E-state index in [1.165, 1.54) is 0 Å². The molecule has 5 rings (SSSR count). The Labute approximate surface area is 195 Å². The molecule has 0 spiro atoms. The second-order valence-corrected chi connectivity index (χ2v) is 9.56. The van der Waals surface area contributed by atoms with Crippen molar-refractivity contribution in [3.8, 4) is 5.75 Å². The van der Waals surface area contributed by atoms with Crippen molar-refractivity contribution in [3.05, 3.63) is 96.3 Å². The molecule has 0 aliphatic carbocycles. The minimum Gasteiger partial charge on any atom is -0.463 e. The van der Waals surface area contributed by atoms with Crippen molar-refractivity contribution in [2.45, 2.75) is 18.7 Å². The maximum absolute atomic E-state index is 6.52. The number of rotatable bonds is 2. The summed E-state index contributed by atoms with van der Waals surface area (Å²) in [6.45, 7) is 0. The third-order valence-electron chi connectivity index (χ3n) is 5.16. The van der Waals surface area contributed by atoms with Crippen LogP contribution in [0.1, 0.15) is 35.4 Å². The lowest BCUT2D eigenvalue weighted by Gasteiger charge is -2.39. The van der Waals surface area contributed by atoms with Gasteiger partial charge < -0.3 is 4.74 Å². The molecule has 3 aromatic rings. The number of fused-ring (bicyclic) bond motifs is 3. The molecular weight excluding hydrogens is 539 g/mol.